The zero-order valence-corrected chi connectivity index (χ0v) is 12.5. The Kier molecular flexibility index (Phi) is 6.29. The first-order valence-electron chi connectivity index (χ1n) is 6.11. The molecule has 0 bridgehead atoms. The molecule has 5 heteroatoms. The molecule has 0 aliphatic rings. The maximum absolute atomic E-state index is 12.0. The Morgan fingerprint density at radius 2 is 2.22 bits per heavy atom. The van der Waals surface area contributed by atoms with Crippen molar-refractivity contribution < 1.29 is 9.53 Å². The summed E-state index contributed by atoms with van der Waals surface area (Å²) in [5.41, 5.74) is 0.808. The van der Waals surface area contributed by atoms with Crippen LogP contribution < -0.4 is 5.32 Å². The molecule has 0 amide bonds. The average Bonchev–Trinajstić information content (AvgIpc) is 2.35. The van der Waals surface area contributed by atoms with Gasteiger partial charge in [0.15, 0.2) is 0 Å². The van der Waals surface area contributed by atoms with E-state index in [0.717, 1.165) is 16.5 Å². The number of carbonyl (C=O) groups excluding carboxylic acids is 1. The molecular weight excluding hydrogens is 296 g/mol. The number of hydrogen-bond donors (Lipinski definition) is 1. The van der Waals surface area contributed by atoms with Crippen LogP contribution in [0, 0.1) is 0 Å². The summed E-state index contributed by atoms with van der Waals surface area (Å²) >= 11 is 3.36. The summed E-state index contributed by atoms with van der Waals surface area (Å²) in [6.45, 7) is 6.28. The minimum atomic E-state index is -0.468. The highest BCUT2D eigenvalue weighted by molar-refractivity contribution is 9.10. The van der Waals surface area contributed by atoms with Crippen molar-refractivity contribution in [2.75, 3.05) is 6.61 Å². The number of esters is 1. The van der Waals surface area contributed by atoms with Crippen molar-refractivity contribution in [1.82, 2.24) is 10.3 Å². The highest BCUT2D eigenvalue weighted by Crippen LogP contribution is 2.19. The molecule has 1 rings (SSSR count). The molecule has 0 fully saturated rings. The molecule has 100 valence electrons. The molecule has 1 aromatic rings. The molecule has 1 N–H and O–H groups in total. The standard InChI is InChI=1S/C13H19BrN2O2/c1-4-9(3)16-12(13(17)18-5-2)10-6-11(14)8-15-7-10/h6-9,12,16H,4-5H2,1-3H3. The van der Waals surface area contributed by atoms with E-state index in [1.54, 1.807) is 19.3 Å². The summed E-state index contributed by atoms with van der Waals surface area (Å²) in [6.07, 6.45) is 4.31. The minimum absolute atomic E-state index is 0.235. The fourth-order valence-corrected chi connectivity index (χ4v) is 1.90. The van der Waals surface area contributed by atoms with Crippen molar-refractivity contribution in [3.8, 4) is 0 Å². The average molecular weight is 315 g/mol. The number of nitrogens with one attached hydrogen (secondary N) is 1. The van der Waals surface area contributed by atoms with Gasteiger partial charge in [0.2, 0.25) is 0 Å². The zero-order valence-electron chi connectivity index (χ0n) is 10.9. The largest absolute Gasteiger partial charge is 0.465 e. The molecule has 0 aromatic carbocycles. The van der Waals surface area contributed by atoms with Crippen LogP contribution in [0.5, 0.6) is 0 Å². The molecule has 0 aliphatic heterocycles. The molecule has 1 aromatic heterocycles. The number of rotatable bonds is 6. The first kappa shape index (κ1) is 15.1. The van der Waals surface area contributed by atoms with E-state index in [9.17, 15) is 4.79 Å². The zero-order chi connectivity index (χ0) is 13.5. The second-order valence-corrected chi connectivity index (χ2v) is 5.01. The second-order valence-electron chi connectivity index (χ2n) is 4.10. The molecule has 18 heavy (non-hydrogen) atoms. The molecule has 4 nitrogen and oxygen atoms in total. The van der Waals surface area contributed by atoms with E-state index in [-0.39, 0.29) is 12.0 Å². The van der Waals surface area contributed by atoms with Gasteiger partial charge in [-0.25, -0.2) is 4.79 Å². The van der Waals surface area contributed by atoms with Gasteiger partial charge >= 0.3 is 5.97 Å². The van der Waals surface area contributed by atoms with E-state index in [0.29, 0.717) is 6.61 Å². The molecule has 0 spiro atoms. The lowest BCUT2D eigenvalue weighted by atomic mass is 10.1. The topological polar surface area (TPSA) is 51.2 Å². The number of hydrogen-bond acceptors (Lipinski definition) is 4. The molecular formula is C13H19BrN2O2. The van der Waals surface area contributed by atoms with Gasteiger partial charge in [-0.15, -0.1) is 0 Å². The SMILES string of the molecule is CCOC(=O)C(NC(C)CC)c1cncc(Br)c1. The van der Waals surface area contributed by atoms with Gasteiger partial charge in [-0.2, -0.15) is 0 Å². The van der Waals surface area contributed by atoms with E-state index >= 15 is 0 Å². The van der Waals surface area contributed by atoms with E-state index in [2.05, 4.69) is 33.2 Å². The first-order chi connectivity index (χ1) is 8.58. The number of carbonyl (C=O) groups is 1. The van der Waals surface area contributed by atoms with E-state index in [4.69, 9.17) is 4.74 Å². The van der Waals surface area contributed by atoms with Gasteiger partial charge in [-0.3, -0.25) is 10.3 Å². The van der Waals surface area contributed by atoms with Crippen LogP contribution in [0.4, 0.5) is 0 Å². The molecule has 1 heterocycles. The van der Waals surface area contributed by atoms with Gasteiger partial charge in [-0.1, -0.05) is 6.92 Å². The molecule has 2 atom stereocenters. The number of pyridine rings is 1. The van der Waals surface area contributed by atoms with E-state index in [1.807, 2.05) is 13.0 Å². The number of ether oxygens (including phenoxy) is 1. The van der Waals surface area contributed by atoms with Crippen molar-refractivity contribution in [2.24, 2.45) is 0 Å². The third kappa shape index (κ3) is 4.38. The Morgan fingerprint density at radius 1 is 1.50 bits per heavy atom. The maximum Gasteiger partial charge on any atom is 0.327 e. The Balaban J connectivity index is 2.92. The molecule has 0 saturated carbocycles. The maximum atomic E-state index is 12.0. The van der Waals surface area contributed by atoms with E-state index < -0.39 is 6.04 Å². The summed E-state index contributed by atoms with van der Waals surface area (Å²) < 4.78 is 5.95. The Bertz CT molecular complexity index is 398. The summed E-state index contributed by atoms with van der Waals surface area (Å²) in [5.74, 6) is -0.266. The van der Waals surface area contributed by atoms with Gasteiger partial charge in [0.25, 0.3) is 0 Å². The summed E-state index contributed by atoms with van der Waals surface area (Å²) in [7, 11) is 0. The first-order valence-corrected chi connectivity index (χ1v) is 6.90. The normalized spacial score (nSPS) is 14.0. The summed E-state index contributed by atoms with van der Waals surface area (Å²) in [5, 5.41) is 3.26. The number of nitrogens with zero attached hydrogens (tertiary/aromatic N) is 1. The third-order valence-electron chi connectivity index (χ3n) is 2.65. The van der Waals surface area contributed by atoms with Crippen molar-refractivity contribution in [3.63, 3.8) is 0 Å². The van der Waals surface area contributed by atoms with Crippen LogP contribution >= 0.6 is 15.9 Å². The van der Waals surface area contributed by atoms with Crippen LogP contribution in [0.1, 0.15) is 38.8 Å². The monoisotopic (exact) mass is 314 g/mol. The predicted octanol–water partition coefficient (Wildman–Crippen LogP) is 2.84. The van der Waals surface area contributed by atoms with Crippen molar-refractivity contribution in [1.29, 1.82) is 0 Å². The van der Waals surface area contributed by atoms with Crippen molar-refractivity contribution in [2.45, 2.75) is 39.3 Å². The van der Waals surface area contributed by atoms with Gasteiger partial charge in [0.05, 0.1) is 6.61 Å². The number of halogens is 1. The van der Waals surface area contributed by atoms with Crippen LogP contribution in [-0.2, 0) is 9.53 Å². The minimum Gasteiger partial charge on any atom is -0.465 e. The van der Waals surface area contributed by atoms with Crippen LogP contribution in [-0.4, -0.2) is 23.6 Å². The van der Waals surface area contributed by atoms with E-state index in [1.165, 1.54) is 0 Å². The van der Waals surface area contributed by atoms with Crippen LogP contribution in [0.2, 0.25) is 0 Å². The van der Waals surface area contributed by atoms with Gasteiger partial charge in [0.1, 0.15) is 6.04 Å². The molecule has 0 saturated heterocycles. The smallest absolute Gasteiger partial charge is 0.327 e. The lowest BCUT2D eigenvalue weighted by molar-refractivity contribution is -0.146. The fourth-order valence-electron chi connectivity index (χ4n) is 1.51. The molecule has 0 radical (unpaired) electrons. The lowest BCUT2D eigenvalue weighted by Gasteiger charge is -2.21. The Morgan fingerprint density at radius 3 is 2.78 bits per heavy atom. The fraction of sp³-hybridized carbons (Fsp3) is 0.538. The van der Waals surface area contributed by atoms with Crippen LogP contribution in [0.15, 0.2) is 22.9 Å². The lowest BCUT2D eigenvalue weighted by Crippen LogP contribution is -2.36. The number of aromatic nitrogens is 1. The Labute approximate surface area is 116 Å². The highest BCUT2D eigenvalue weighted by atomic mass is 79.9. The quantitative estimate of drug-likeness (QED) is 0.820. The molecule has 0 aliphatic carbocycles. The van der Waals surface area contributed by atoms with Crippen LogP contribution in [0.3, 0.4) is 0 Å². The highest BCUT2D eigenvalue weighted by Gasteiger charge is 2.23. The van der Waals surface area contributed by atoms with Gasteiger partial charge in [0, 0.05) is 22.9 Å². The Hall–Kier alpha value is -0.940. The third-order valence-corrected chi connectivity index (χ3v) is 3.08. The second kappa shape index (κ2) is 7.48. The van der Waals surface area contributed by atoms with Crippen molar-refractivity contribution >= 4 is 21.9 Å². The van der Waals surface area contributed by atoms with Gasteiger partial charge in [-0.05, 0) is 47.8 Å². The van der Waals surface area contributed by atoms with Crippen molar-refractivity contribution in [3.05, 3.63) is 28.5 Å². The molecule has 2 unspecified atom stereocenters. The van der Waals surface area contributed by atoms with Crippen LogP contribution in [0.25, 0.3) is 0 Å². The predicted molar refractivity (Wildman–Crippen MR) is 74.2 cm³/mol. The summed E-state index contributed by atoms with van der Waals surface area (Å²) in [4.78, 5) is 16.1. The summed E-state index contributed by atoms with van der Waals surface area (Å²) in [6, 6.07) is 1.65. The van der Waals surface area contributed by atoms with Gasteiger partial charge < -0.3 is 4.74 Å².